The third-order valence-corrected chi connectivity index (χ3v) is 4.95. The van der Waals surface area contributed by atoms with E-state index in [2.05, 4.69) is 27.8 Å². The number of carbonyl (C=O) groups excluding carboxylic acids is 1. The fourth-order valence-corrected chi connectivity index (χ4v) is 3.25. The predicted octanol–water partition coefficient (Wildman–Crippen LogP) is 5.78. The number of hydrogen-bond donors (Lipinski definition) is 0. The Bertz CT molecular complexity index is 771. The second-order valence-electron chi connectivity index (χ2n) is 5.90. The molecule has 0 N–H and O–H groups in total. The summed E-state index contributed by atoms with van der Waals surface area (Å²) >= 11 is 15.5. The van der Waals surface area contributed by atoms with Crippen LogP contribution < -0.4 is 4.74 Å². The van der Waals surface area contributed by atoms with Gasteiger partial charge < -0.3 is 9.64 Å². The molecule has 4 nitrogen and oxygen atoms in total. The van der Waals surface area contributed by atoms with Gasteiger partial charge in [-0.25, -0.2) is 0 Å². The summed E-state index contributed by atoms with van der Waals surface area (Å²) in [5.74, 6) is 0.575. The van der Waals surface area contributed by atoms with Gasteiger partial charge in [0.2, 0.25) is 0 Å². The fourth-order valence-electron chi connectivity index (χ4n) is 2.41. The van der Waals surface area contributed by atoms with Crippen LogP contribution >= 0.6 is 39.1 Å². The number of ether oxygens (including phenoxy) is 1. The third kappa shape index (κ3) is 5.86. The van der Waals surface area contributed by atoms with Crippen LogP contribution in [0.3, 0.4) is 0 Å². The Kier molecular flexibility index (Phi) is 8.19. The van der Waals surface area contributed by atoms with Crippen LogP contribution in [0.1, 0.15) is 35.7 Å². The van der Waals surface area contributed by atoms with Crippen LogP contribution in [0.2, 0.25) is 10.0 Å². The number of pyridine rings is 1. The summed E-state index contributed by atoms with van der Waals surface area (Å²) in [6, 6.07) is 5.19. The molecule has 0 aliphatic carbocycles. The number of aromatic nitrogens is 1. The third-order valence-electron chi connectivity index (χ3n) is 3.90. The van der Waals surface area contributed by atoms with Crippen LogP contribution in [-0.2, 0) is 0 Å². The maximum atomic E-state index is 12.8. The second kappa shape index (κ2) is 10.1. The van der Waals surface area contributed by atoms with Crippen molar-refractivity contribution in [3.63, 3.8) is 0 Å². The Morgan fingerprint density at radius 3 is 2.69 bits per heavy atom. The van der Waals surface area contributed by atoms with Gasteiger partial charge in [-0.3, -0.25) is 9.78 Å². The molecule has 1 heterocycles. The summed E-state index contributed by atoms with van der Waals surface area (Å²) in [5, 5.41) is 1.08. The molecule has 0 atom stereocenters. The number of unbranched alkanes of at least 4 members (excludes halogenated alkanes) is 1. The smallest absolute Gasteiger partial charge is 0.255 e. The minimum Gasteiger partial charge on any atom is -0.491 e. The fraction of sp³-hybridized carbons (Fsp3) is 0.368. The van der Waals surface area contributed by atoms with Gasteiger partial charge in [0, 0.05) is 39.0 Å². The largest absolute Gasteiger partial charge is 0.491 e. The van der Waals surface area contributed by atoms with Crippen LogP contribution in [0.5, 0.6) is 5.75 Å². The van der Waals surface area contributed by atoms with E-state index in [-0.39, 0.29) is 5.91 Å². The Balaban J connectivity index is 2.05. The van der Waals surface area contributed by atoms with Crippen molar-refractivity contribution >= 4 is 45.0 Å². The SMILES string of the molecule is CCCCN(CCOc1cc(Cl)cc(Cl)c1C)C(=O)c1cncc(Br)c1. The zero-order chi connectivity index (χ0) is 19.1. The van der Waals surface area contributed by atoms with Crippen molar-refractivity contribution in [1.29, 1.82) is 0 Å². The first-order chi connectivity index (χ1) is 12.4. The van der Waals surface area contributed by atoms with E-state index in [1.54, 1.807) is 35.5 Å². The standard InChI is InChI=1S/C19H21BrCl2N2O2/c1-3-4-5-24(19(25)14-8-15(20)12-23-11-14)6-7-26-18-10-16(21)9-17(22)13(18)2/h8-12H,3-7H2,1-2H3. The molecule has 1 aromatic heterocycles. The summed E-state index contributed by atoms with van der Waals surface area (Å²) in [6.45, 7) is 5.46. The quantitative estimate of drug-likeness (QED) is 0.502. The molecule has 2 aromatic rings. The Morgan fingerprint density at radius 2 is 2.00 bits per heavy atom. The van der Waals surface area contributed by atoms with Crippen LogP contribution in [-0.4, -0.2) is 35.5 Å². The molecule has 0 saturated carbocycles. The number of hydrogen-bond acceptors (Lipinski definition) is 3. The summed E-state index contributed by atoms with van der Waals surface area (Å²) in [6.07, 6.45) is 5.16. The van der Waals surface area contributed by atoms with E-state index in [4.69, 9.17) is 27.9 Å². The molecule has 1 aromatic carbocycles. The van der Waals surface area contributed by atoms with Crippen LogP contribution in [0.25, 0.3) is 0 Å². The lowest BCUT2D eigenvalue weighted by Gasteiger charge is -2.23. The van der Waals surface area contributed by atoms with Crippen molar-refractivity contribution in [2.24, 2.45) is 0 Å². The van der Waals surface area contributed by atoms with Gasteiger partial charge in [0.05, 0.1) is 12.1 Å². The number of benzene rings is 1. The van der Waals surface area contributed by atoms with E-state index < -0.39 is 0 Å². The monoisotopic (exact) mass is 458 g/mol. The molecule has 0 unspecified atom stereocenters. The Labute approximate surface area is 172 Å². The molecule has 0 bridgehead atoms. The lowest BCUT2D eigenvalue weighted by Crippen LogP contribution is -2.35. The molecule has 2 rings (SSSR count). The first-order valence-electron chi connectivity index (χ1n) is 8.40. The normalized spacial score (nSPS) is 10.7. The van der Waals surface area contributed by atoms with Gasteiger partial charge in [0.25, 0.3) is 5.91 Å². The molecule has 7 heteroatoms. The highest BCUT2D eigenvalue weighted by Crippen LogP contribution is 2.30. The van der Waals surface area contributed by atoms with E-state index in [1.807, 2.05) is 6.92 Å². The summed E-state index contributed by atoms with van der Waals surface area (Å²) < 4.78 is 6.61. The highest BCUT2D eigenvalue weighted by molar-refractivity contribution is 9.10. The van der Waals surface area contributed by atoms with E-state index in [9.17, 15) is 4.79 Å². The number of rotatable bonds is 8. The van der Waals surface area contributed by atoms with Gasteiger partial charge in [-0.05, 0) is 47.5 Å². The van der Waals surface area contributed by atoms with Crippen molar-refractivity contribution in [2.45, 2.75) is 26.7 Å². The molecule has 0 aliphatic heterocycles. The minimum atomic E-state index is -0.0586. The molecule has 0 saturated heterocycles. The minimum absolute atomic E-state index is 0.0586. The van der Waals surface area contributed by atoms with E-state index in [1.165, 1.54) is 0 Å². The van der Waals surface area contributed by atoms with E-state index in [0.29, 0.717) is 41.1 Å². The van der Waals surface area contributed by atoms with Crippen molar-refractivity contribution in [1.82, 2.24) is 9.88 Å². The molecule has 26 heavy (non-hydrogen) atoms. The molecular formula is C19H21BrCl2N2O2. The highest BCUT2D eigenvalue weighted by atomic mass is 79.9. The average Bonchev–Trinajstić information content (AvgIpc) is 2.61. The number of amides is 1. The van der Waals surface area contributed by atoms with Crippen LogP contribution in [0.4, 0.5) is 0 Å². The number of nitrogens with zero attached hydrogens (tertiary/aromatic N) is 2. The molecule has 140 valence electrons. The van der Waals surface area contributed by atoms with Crippen LogP contribution in [0, 0.1) is 6.92 Å². The molecule has 0 fully saturated rings. The maximum absolute atomic E-state index is 12.8. The molecule has 0 radical (unpaired) electrons. The molecule has 1 amide bonds. The predicted molar refractivity (Wildman–Crippen MR) is 109 cm³/mol. The highest BCUT2D eigenvalue weighted by Gasteiger charge is 2.16. The number of halogens is 3. The molecule has 0 aliphatic rings. The summed E-state index contributed by atoms with van der Waals surface area (Å²) in [5.41, 5.74) is 1.39. The van der Waals surface area contributed by atoms with Crippen LogP contribution in [0.15, 0.2) is 35.1 Å². The van der Waals surface area contributed by atoms with Gasteiger partial charge in [-0.15, -0.1) is 0 Å². The lowest BCUT2D eigenvalue weighted by atomic mass is 10.2. The van der Waals surface area contributed by atoms with E-state index in [0.717, 1.165) is 22.9 Å². The lowest BCUT2D eigenvalue weighted by molar-refractivity contribution is 0.0727. The van der Waals surface area contributed by atoms with Crippen molar-refractivity contribution in [3.8, 4) is 5.75 Å². The topological polar surface area (TPSA) is 42.4 Å². The summed E-state index contributed by atoms with van der Waals surface area (Å²) in [7, 11) is 0. The van der Waals surface area contributed by atoms with Gasteiger partial charge in [0.15, 0.2) is 0 Å². The molecule has 0 spiro atoms. The Hall–Kier alpha value is -1.30. The van der Waals surface area contributed by atoms with Gasteiger partial charge in [-0.1, -0.05) is 36.5 Å². The average molecular weight is 460 g/mol. The summed E-state index contributed by atoms with van der Waals surface area (Å²) in [4.78, 5) is 18.6. The number of carbonyl (C=O) groups is 1. The first kappa shape index (κ1) is 21.0. The maximum Gasteiger partial charge on any atom is 0.255 e. The van der Waals surface area contributed by atoms with Gasteiger partial charge in [-0.2, -0.15) is 0 Å². The molecular weight excluding hydrogens is 439 g/mol. The zero-order valence-corrected chi connectivity index (χ0v) is 17.9. The van der Waals surface area contributed by atoms with Gasteiger partial charge in [0.1, 0.15) is 12.4 Å². The van der Waals surface area contributed by atoms with Crippen molar-refractivity contribution in [3.05, 3.63) is 56.2 Å². The van der Waals surface area contributed by atoms with Crippen molar-refractivity contribution in [2.75, 3.05) is 19.7 Å². The second-order valence-corrected chi connectivity index (χ2v) is 7.66. The van der Waals surface area contributed by atoms with Gasteiger partial charge >= 0.3 is 0 Å². The first-order valence-corrected chi connectivity index (χ1v) is 9.95. The Morgan fingerprint density at radius 1 is 1.23 bits per heavy atom. The zero-order valence-electron chi connectivity index (χ0n) is 14.8. The van der Waals surface area contributed by atoms with E-state index >= 15 is 0 Å². The van der Waals surface area contributed by atoms with Crippen molar-refractivity contribution < 1.29 is 9.53 Å².